The third-order valence-electron chi connectivity index (χ3n) is 2.82. The van der Waals surface area contributed by atoms with Gasteiger partial charge in [0.2, 0.25) is 0 Å². The lowest BCUT2D eigenvalue weighted by atomic mass is 10.2. The molecule has 1 N–H and O–H groups in total. The van der Waals surface area contributed by atoms with Crippen molar-refractivity contribution in [1.29, 1.82) is 0 Å². The van der Waals surface area contributed by atoms with E-state index < -0.39 is 0 Å². The topological polar surface area (TPSA) is 37.8 Å². The Kier molecular flexibility index (Phi) is 5.38. The monoisotopic (exact) mass is 353 g/mol. The Bertz CT molecular complexity index is 577. The average Bonchev–Trinajstić information content (AvgIpc) is 2.39. The molecule has 0 fully saturated rings. The van der Waals surface area contributed by atoms with Crippen molar-refractivity contribution in [3.8, 4) is 11.4 Å². The van der Waals surface area contributed by atoms with E-state index in [-0.39, 0.29) is 0 Å². The van der Waals surface area contributed by atoms with Crippen LogP contribution >= 0.6 is 27.5 Å². The van der Waals surface area contributed by atoms with Crippen LogP contribution in [0.1, 0.15) is 26.0 Å². The first kappa shape index (κ1) is 15.3. The van der Waals surface area contributed by atoms with Gasteiger partial charge in [0, 0.05) is 28.3 Å². The Labute approximate surface area is 132 Å². The largest absolute Gasteiger partial charge is 0.370 e. The quantitative estimate of drug-likeness (QED) is 0.826. The molecule has 0 amide bonds. The van der Waals surface area contributed by atoms with E-state index in [4.69, 9.17) is 11.6 Å². The second kappa shape index (κ2) is 7.04. The molecule has 106 valence electrons. The fourth-order valence-electron chi connectivity index (χ4n) is 1.94. The number of halogens is 2. The zero-order valence-corrected chi connectivity index (χ0v) is 13.9. The highest BCUT2D eigenvalue weighted by Crippen LogP contribution is 2.29. The van der Waals surface area contributed by atoms with Crippen LogP contribution in [0.5, 0.6) is 0 Å². The summed E-state index contributed by atoms with van der Waals surface area (Å²) in [5, 5.41) is 3.89. The van der Waals surface area contributed by atoms with Crippen molar-refractivity contribution in [2.24, 2.45) is 0 Å². The van der Waals surface area contributed by atoms with Gasteiger partial charge < -0.3 is 5.32 Å². The van der Waals surface area contributed by atoms with Gasteiger partial charge in [-0.05, 0) is 31.5 Å². The summed E-state index contributed by atoms with van der Waals surface area (Å²) in [5.74, 6) is 1.52. The number of nitrogens with one attached hydrogen (secondary N) is 1. The molecule has 0 bridgehead atoms. The molecular formula is C15H17BrClN3. The Morgan fingerprint density at radius 2 is 2.00 bits per heavy atom. The predicted octanol–water partition coefficient (Wildman–Crippen LogP) is 4.94. The van der Waals surface area contributed by atoms with E-state index in [1.165, 1.54) is 0 Å². The number of benzene rings is 1. The van der Waals surface area contributed by atoms with Gasteiger partial charge in [-0.15, -0.1) is 0 Å². The minimum absolute atomic E-state index is 0.649. The zero-order chi connectivity index (χ0) is 14.5. The van der Waals surface area contributed by atoms with Crippen LogP contribution in [0.4, 0.5) is 5.82 Å². The minimum atomic E-state index is 0.649. The lowest BCUT2D eigenvalue weighted by molar-refractivity contribution is 0.875. The Hall–Kier alpha value is -1.13. The number of hydrogen-bond donors (Lipinski definition) is 1. The van der Waals surface area contributed by atoms with E-state index >= 15 is 0 Å². The second-order valence-corrected chi connectivity index (χ2v) is 5.80. The Balaban J connectivity index is 2.48. The van der Waals surface area contributed by atoms with E-state index in [1.807, 2.05) is 31.2 Å². The molecule has 0 saturated carbocycles. The molecule has 0 unspecified atom stereocenters. The van der Waals surface area contributed by atoms with Crippen LogP contribution in [0.3, 0.4) is 0 Å². The molecular weight excluding hydrogens is 338 g/mol. The van der Waals surface area contributed by atoms with Crippen molar-refractivity contribution in [3.63, 3.8) is 0 Å². The van der Waals surface area contributed by atoms with E-state index in [9.17, 15) is 0 Å². The summed E-state index contributed by atoms with van der Waals surface area (Å²) in [6, 6.07) is 7.75. The molecule has 0 aliphatic carbocycles. The summed E-state index contributed by atoms with van der Waals surface area (Å²) in [6.07, 6.45) is 1.98. The van der Waals surface area contributed by atoms with Crippen LogP contribution in [0.15, 0.2) is 28.7 Å². The van der Waals surface area contributed by atoms with Gasteiger partial charge in [0.15, 0.2) is 5.82 Å². The van der Waals surface area contributed by atoms with Crippen LogP contribution in [0.2, 0.25) is 5.02 Å². The van der Waals surface area contributed by atoms with Crippen molar-refractivity contribution in [2.75, 3.05) is 11.9 Å². The lowest BCUT2D eigenvalue weighted by Gasteiger charge is -2.10. The van der Waals surface area contributed by atoms with E-state index in [0.717, 1.165) is 40.9 Å². The molecule has 2 aromatic rings. The fourth-order valence-corrected chi connectivity index (χ4v) is 2.70. The molecule has 3 nitrogen and oxygen atoms in total. The summed E-state index contributed by atoms with van der Waals surface area (Å²) >= 11 is 9.70. The fraction of sp³-hybridized carbons (Fsp3) is 0.333. The molecule has 5 heteroatoms. The maximum Gasteiger partial charge on any atom is 0.163 e. The molecule has 0 aliphatic rings. The highest BCUT2D eigenvalue weighted by atomic mass is 79.9. The van der Waals surface area contributed by atoms with Crippen LogP contribution in [0.25, 0.3) is 11.4 Å². The van der Waals surface area contributed by atoms with Gasteiger partial charge in [-0.1, -0.05) is 40.9 Å². The van der Waals surface area contributed by atoms with Gasteiger partial charge in [-0.2, -0.15) is 0 Å². The molecule has 0 atom stereocenters. The first-order chi connectivity index (χ1) is 9.63. The maximum absolute atomic E-state index is 6.29. The van der Waals surface area contributed by atoms with Crippen molar-refractivity contribution >= 4 is 33.3 Å². The number of aryl methyl sites for hydroxylation is 1. The summed E-state index contributed by atoms with van der Waals surface area (Å²) in [7, 11) is 0. The SMILES string of the molecule is CCCc1cc(NCC)nc(-c2ccc(Br)cc2Cl)n1. The summed E-state index contributed by atoms with van der Waals surface area (Å²) in [4.78, 5) is 9.16. The minimum Gasteiger partial charge on any atom is -0.370 e. The number of rotatable bonds is 5. The van der Waals surface area contributed by atoms with Gasteiger partial charge in [-0.3, -0.25) is 0 Å². The van der Waals surface area contributed by atoms with E-state index in [1.54, 1.807) is 0 Å². The number of hydrogen-bond acceptors (Lipinski definition) is 3. The van der Waals surface area contributed by atoms with Gasteiger partial charge in [0.05, 0.1) is 5.02 Å². The van der Waals surface area contributed by atoms with Crippen LogP contribution in [-0.2, 0) is 6.42 Å². The molecule has 1 aromatic carbocycles. The third-order valence-corrected chi connectivity index (χ3v) is 3.62. The smallest absolute Gasteiger partial charge is 0.163 e. The molecule has 0 spiro atoms. The standard InChI is InChI=1S/C15H17BrClN3/c1-3-5-11-9-14(18-4-2)20-15(19-11)12-7-6-10(16)8-13(12)17/h6-9H,3-5H2,1-2H3,(H,18,19,20). The van der Waals surface area contributed by atoms with Gasteiger partial charge in [-0.25, -0.2) is 9.97 Å². The van der Waals surface area contributed by atoms with Gasteiger partial charge >= 0.3 is 0 Å². The molecule has 2 rings (SSSR count). The molecule has 0 aliphatic heterocycles. The van der Waals surface area contributed by atoms with Crippen LogP contribution in [-0.4, -0.2) is 16.5 Å². The van der Waals surface area contributed by atoms with Crippen LogP contribution < -0.4 is 5.32 Å². The number of anilines is 1. The van der Waals surface area contributed by atoms with Crippen molar-refractivity contribution in [2.45, 2.75) is 26.7 Å². The molecule has 0 saturated heterocycles. The first-order valence-electron chi connectivity index (χ1n) is 6.71. The van der Waals surface area contributed by atoms with Gasteiger partial charge in [0.1, 0.15) is 5.82 Å². The molecule has 0 radical (unpaired) electrons. The highest BCUT2D eigenvalue weighted by Gasteiger charge is 2.10. The van der Waals surface area contributed by atoms with E-state index in [2.05, 4.69) is 38.1 Å². The predicted molar refractivity (Wildman–Crippen MR) is 88.3 cm³/mol. The van der Waals surface area contributed by atoms with Crippen molar-refractivity contribution in [1.82, 2.24) is 9.97 Å². The van der Waals surface area contributed by atoms with Gasteiger partial charge in [0.25, 0.3) is 0 Å². The van der Waals surface area contributed by atoms with E-state index in [0.29, 0.717) is 10.8 Å². The van der Waals surface area contributed by atoms with Crippen LogP contribution in [0, 0.1) is 0 Å². The van der Waals surface area contributed by atoms with Crippen molar-refractivity contribution < 1.29 is 0 Å². The third kappa shape index (κ3) is 3.70. The summed E-state index contributed by atoms with van der Waals surface area (Å²) < 4.78 is 0.947. The zero-order valence-electron chi connectivity index (χ0n) is 11.6. The molecule has 1 aromatic heterocycles. The average molecular weight is 355 g/mol. The number of aromatic nitrogens is 2. The maximum atomic E-state index is 6.29. The second-order valence-electron chi connectivity index (χ2n) is 4.47. The number of nitrogens with zero attached hydrogens (tertiary/aromatic N) is 2. The molecule has 20 heavy (non-hydrogen) atoms. The molecule has 1 heterocycles. The summed E-state index contributed by atoms with van der Waals surface area (Å²) in [5.41, 5.74) is 1.89. The Morgan fingerprint density at radius 3 is 2.65 bits per heavy atom. The summed E-state index contributed by atoms with van der Waals surface area (Å²) in [6.45, 7) is 5.02. The first-order valence-corrected chi connectivity index (χ1v) is 7.88. The Morgan fingerprint density at radius 1 is 1.20 bits per heavy atom. The normalized spacial score (nSPS) is 10.6. The van der Waals surface area contributed by atoms with Crippen molar-refractivity contribution in [3.05, 3.63) is 39.5 Å². The lowest BCUT2D eigenvalue weighted by Crippen LogP contribution is -2.04. The highest BCUT2D eigenvalue weighted by molar-refractivity contribution is 9.10.